The van der Waals surface area contributed by atoms with Gasteiger partial charge in [0.05, 0.1) is 6.04 Å². The molecular weight excluding hydrogens is 452 g/mol. The van der Waals surface area contributed by atoms with Crippen LogP contribution in [0.4, 0.5) is 4.79 Å². The van der Waals surface area contributed by atoms with E-state index in [1.54, 1.807) is 24.3 Å². The Labute approximate surface area is 186 Å². The van der Waals surface area contributed by atoms with Crippen LogP contribution in [-0.4, -0.2) is 45.9 Å². The third kappa shape index (κ3) is 7.99. The van der Waals surface area contributed by atoms with E-state index in [-0.39, 0.29) is 24.9 Å². The number of imide groups is 1. The van der Waals surface area contributed by atoms with Gasteiger partial charge in [-0.15, -0.1) is 0 Å². The lowest BCUT2D eigenvalue weighted by Gasteiger charge is -2.32. The van der Waals surface area contributed by atoms with Crippen LogP contribution in [0.1, 0.15) is 46.1 Å². The normalized spacial score (nSPS) is 14.1. The van der Waals surface area contributed by atoms with E-state index in [4.69, 9.17) is 10.5 Å². The number of aldehydes is 1. The summed E-state index contributed by atoms with van der Waals surface area (Å²) in [6.45, 7) is 7.47. The molecule has 0 saturated carbocycles. The molecule has 0 bridgehead atoms. The van der Waals surface area contributed by atoms with Gasteiger partial charge in [-0.05, 0) is 30.2 Å². The molecule has 1 unspecified atom stereocenters. The van der Waals surface area contributed by atoms with Crippen molar-refractivity contribution < 1.29 is 23.9 Å². The number of hydrogen-bond acceptors (Lipinski definition) is 6. The van der Waals surface area contributed by atoms with Crippen LogP contribution in [0.3, 0.4) is 0 Å². The molecule has 1 aromatic rings. The van der Waals surface area contributed by atoms with E-state index in [1.165, 1.54) is 0 Å². The van der Waals surface area contributed by atoms with E-state index >= 15 is 0 Å². The van der Waals surface area contributed by atoms with Crippen LogP contribution in [0.5, 0.6) is 0 Å². The molecule has 0 fully saturated rings. The lowest BCUT2D eigenvalue weighted by Crippen LogP contribution is -2.56. The molecule has 0 aromatic heterocycles. The highest BCUT2D eigenvalue weighted by atomic mass is 79.9. The van der Waals surface area contributed by atoms with Crippen LogP contribution in [-0.2, 0) is 25.7 Å². The molecule has 0 aliphatic rings. The molecule has 0 radical (unpaired) electrons. The minimum atomic E-state index is -1.16. The quantitative estimate of drug-likeness (QED) is 0.294. The van der Waals surface area contributed by atoms with Gasteiger partial charge in [0, 0.05) is 0 Å². The lowest BCUT2D eigenvalue weighted by atomic mass is 9.96. The average molecular weight is 483 g/mol. The third-order valence-electron chi connectivity index (χ3n) is 4.41. The summed E-state index contributed by atoms with van der Waals surface area (Å²) in [7, 11) is 0. The zero-order chi connectivity index (χ0) is 22.8. The van der Waals surface area contributed by atoms with Gasteiger partial charge in [0.25, 0.3) is 0 Å². The van der Waals surface area contributed by atoms with Crippen molar-refractivity contribution >= 4 is 40.0 Å². The van der Waals surface area contributed by atoms with E-state index in [0.29, 0.717) is 12.7 Å². The summed E-state index contributed by atoms with van der Waals surface area (Å²) < 4.78 is 5.35. The number of amides is 2. The fraction of sp³-hybridized carbons (Fsp3) is 0.545. The van der Waals surface area contributed by atoms with Crippen LogP contribution in [0.15, 0.2) is 30.3 Å². The second-order valence-electron chi connectivity index (χ2n) is 8.07. The molecule has 3 atom stereocenters. The SMILES string of the molecule is CC(C)C[C@H](N)C(=O)N(C(=O)OCc1ccccc1)[C@@H](CC(C)C)C(=O)C(Br)C=O. The minimum Gasteiger partial charge on any atom is -0.444 e. The van der Waals surface area contributed by atoms with Gasteiger partial charge in [0.15, 0.2) is 5.78 Å². The van der Waals surface area contributed by atoms with Crippen LogP contribution >= 0.6 is 15.9 Å². The number of nitrogens with two attached hydrogens (primary N) is 1. The minimum absolute atomic E-state index is 0.0242. The molecule has 1 aromatic carbocycles. The van der Waals surface area contributed by atoms with Crippen LogP contribution in [0.25, 0.3) is 0 Å². The molecule has 1 rings (SSSR count). The number of ketones is 1. The Morgan fingerprint density at radius 2 is 1.63 bits per heavy atom. The zero-order valence-electron chi connectivity index (χ0n) is 17.9. The molecule has 7 nitrogen and oxygen atoms in total. The van der Waals surface area contributed by atoms with E-state index in [0.717, 1.165) is 10.5 Å². The van der Waals surface area contributed by atoms with E-state index < -0.39 is 34.7 Å². The second-order valence-corrected chi connectivity index (χ2v) is 9.06. The van der Waals surface area contributed by atoms with Gasteiger partial charge in [0.1, 0.15) is 23.8 Å². The number of carbonyl (C=O) groups excluding carboxylic acids is 4. The van der Waals surface area contributed by atoms with Crippen molar-refractivity contribution in [3.63, 3.8) is 0 Å². The standard InChI is InChI=1S/C22H31BrN2O5/c1-14(2)10-18(24)21(28)25(19(11-15(3)4)20(27)17(23)12-26)22(29)30-13-16-8-6-5-7-9-16/h5-9,12,14-15,17-19H,10-11,13,24H2,1-4H3/t17?,18-,19-/m0/s1. The fourth-order valence-electron chi connectivity index (χ4n) is 2.99. The molecule has 166 valence electrons. The number of carbonyl (C=O) groups is 4. The monoisotopic (exact) mass is 482 g/mol. The Balaban J connectivity index is 3.23. The van der Waals surface area contributed by atoms with Crippen molar-refractivity contribution in [2.45, 2.75) is 64.1 Å². The lowest BCUT2D eigenvalue weighted by molar-refractivity contribution is -0.140. The number of alkyl halides is 1. The molecule has 0 spiro atoms. The smallest absolute Gasteiger partial charge is 0.417 e. The predicted octanol–water partition coefficient (Wildman–Crippen LogP) is 3.47. The van der Waals surface area contributed by atoms with Crippen molar-refractivity contribution in [3.8, 4) is 0 Å². The summed E-state index contributed by atoms with van der Waals surface area (Å²) in [6.07, 6.45) is 0.0134. The van der Waals surface area contributed by atoms with Gasteiger partial charge >= 0.3 is 6.09 Å². The summed E-state index contributed by atoms with van der Waals surface area (Å²) in [4.78, 5) is 49.8. The average Bonchev–Trinajstić information content (AvgIpc) is 2.70. The van der Waals surface area contributed by atoms with Gasteiger partial charge < -0.3 is 15.3 Å². The second kappa shape index (κ2) is 12.6. The molecular formula is C22H31BrN2O5. The summed E-state index contributed by atoms with van der Waals surface area (Å²) >= 11 is 3.01. The molecule has 30 heavy (non-hydrogen) atoms. The van der Waals surface area contributed by atoms with Crippen molar-refractivity contribution in [1.82, 2.24) is 4.90 Å². The first kappa shape index (κ1) is 26.0. The summed E-state index contributed by atoms with van der Waals surface area (Å²) in [6, 6.07) is 6.86. The Kier molecular flexibility index (Phi) is 10.9. The fourth-order valence-corrected chi connectivity index (χ4v) is 3.30. The van der Waals surface area contributed by atoms with Crippen molar-refractivity contribution in [3.05, 3.63) is 35.9 Å². The highest BCUT2D eigenvalue weighted by Gasteiger charge is 2.40. The number of nitrogens with zero attached hydrogens (tertiary/aromatic N) is 1. The number of benzene rings is 1. The highest BCUT2D eigenvalue weighted by molar-refractivity contribution is 9.10. The summed E-state index contributed by atoms with van der Waals surface area (Å²) in [5, 5.41) is 0. The predicted molar refractivity (Wildman–Crippen MR) is 118 cm³/mol. The number of rotatable bonds is 11. The number of hydrogen-bond donors (Lipinski definition) is 1. The first-order chi connectivity index (χ1) is 14.1. The Hall–Kier alpha value is -2.06. The first-order valence-corrected chi connectivity index (χ1v) is 10.9. The zero-order valence-corrected chi connectivity index (χ0v) is 19.5. The maximum Gasteiger partial charge on any atom is 0.417 e. The first-order valence-electron chi connectivity index (χ1n) is 10.0. The van der Waals surface area contributed by atoms with Gasteiger partial charge in [0.2, 0.25) is 5.91 Å². The van der Waals surface area contributed by atoms with Crippen LogP contribution in [0, 0.1) is 11.8 Å². The number of halogens is 1. The van der Waals surface area contributed by atoms with E-state index in [1.807, 2.05) is 33.8 Å². The van der Waals surface area contributed by atoms with E-state index in [2.05, 4.69) is 15.9 Å². The molecule has 0 saturated heterocycles. The highest BCUT2D eigenvalue weighted by Crippen LogP contribution is 2.20. The number of Topliss-reactive ketones (excluding diaryl/α,β-unsaturated/α-hetero) is 1. The van der Waals surface area contributed by atoms with Crippen molar-refractivity contribution in [2.75, 3.05) is 0 Å². The van der Waals surface area contributed by atoms with Gasteiger partial charge in [-0.1, -0.05) is 74.0 Å². The maximum atomic E-state index is 13.1. The maximum absolute atomic E-state index is 13.1. The summed E-state index contributed by atoms with van der Waals surface area (Å²) in [5.74, 6) is -1.18. The van der Waals surface area contributed by atoms with Crippen molar-refractivity contribution in [1.29, 1.82) is 0 Å². The molecule has 0 heterocycles. The van der Waals surface area contributed by atoms with Gasteiger partial charge in [-0.2, -0.15) is 0 Å². The third-order valence-corrected chi connectivity index (χ3v) is 5.07. The molecule has 8 heteroatoms. The largest absolute Gasteiger partial charge is 0.444 e. The Bertz CT molecular complexity index is 723. The van der Waals surface area contributed by atoms with Crippen molar-refractivity contribution in [2.24, 2.45) is 17.6 Å². The Morgan fingerprint density at radius 3 is 2.13 bits per heavy atom. The van der Waals surface area contributed by atoms with Crippen LogP contribution < -0.4 is 5.73 Å². The van der Waals surface area contributed by atoms with Gasteiger partial charge in [-0.25, -0.2) is 9.69 Å². The van der Waals surface area contributed by atoms with Gasteiger partial charge in [-0.3, -0.25) is 9.59 Å². The number of ether oxygens (including phenoxy) is 1. The topological polar surface area (TPSA) is 107 Å². The molecule has 2 amide bonds. The summed E-state index contributed by atoms with van der Waals surface area (Å²) in [5.41, 5.74) is 6.79. The van der Waals surface area contributed by atoms with E-state index in [9.17, 15) is 19.2 Å². The van der Waals surface area contributed by atoms with Crippen LogP contribution in [0.2, 0.25) is 0 Å². The molecule has 0 aliphatic carbocycles. The molecule has 0 aliphatic heterocycles. The Morgan fingerprint density at radius 1 is 1.07 bits per heavy atom. The molecule has 2 N–H and O–H groups in total.